The van der Waals surface area contributed by atoms with E-state index in [-0.39, 0.29) is 29.0 Å². The molecule has 0 aromatic rings. The van der Waals surface area contributed by atoms with Crippen LogP contribution in [0.15, 0.2) is 0 Å². The van der Waals surface area contributed by atoms with E-state index in [2.05, 4.69) is 0 Å². The van der Waals surface area contributed by atoms with Gasteiger partial charge in [0.25, 0.3) is 0 Å². The Labute approximate surface area is 146 Å². The van der Waals surface area contributed by atoms with E-state index in [4.69, 9.17) is 28.4 Å². The number of carboxylic acids is 1. The molecule has 0 aromatic carbocycles. The Balaban J connectivity index is 0. The maximum Gasteiger partial charge on any atom is 1.00 e. The van der Waals surface area contributed by atoms with Gasteiger partial charge in [-0.25, -0.2) is 0 Å². The molecule has 0 atom stereocenters. The van der Waals surface area contributed by atoms with Crippen molar-refractivity contribution in [3.8, 4) is 0 Å². The molecule has 0 saturated heterocycles. The first-order valence-corrected chi connectivity index (χ1v) is 6.85. The minimum Gasteiger partial charge on any atom is -0.548 e. The van der Waals surface area contributed by atoms with Crippen LogP contribution in [-0.4, -0.2) is 85.8 Å². The molecule has 0 aliphatic rings. The van der Waals surface area contributed by atoms with Gasteiger partial charge in [0.2, 0.25) is 0 Å². The van der Waals surface area contributed by atoms with Crippen molar-refractivity contribution in [1.29, 1.82) is 0 Å². The van der Waals surface area contributed by atoms with Gasteiger partial charge in [-0.05, 0) is 0 Å². The van der Waals surface area contributed by atoms with Crippen molar-refractivity contribution in [2.45, 2.75) is 0 Å². The van der Waals surface area contributed by atoms with Crippen LogP contribution in [0.25, 0.3) is 0 Å². The third-order valence-corrected chi connectivity index (χ3v) is 2.14. The molecule has 22 heavy (non-hydrogen) atoms. The monoisotopic (exact) mass is 506 g/mol. The van der Waals surface area contributed by atoms with Crippen molar-refractivity contribution in [3.63, 3.8) is 0 Å². The third kappa shape index (κ3) is 22.3. The fraction of sp³-hybridized carbons (Fsp3) is 0.923. The van der Waals surface area contributed by atoms with Crippen LogP contribution in [0.3, 0.4) is 0 Å². The molecule has 9 heteroatoms. The van der Waals surface area contributed by atoms with Gasteiger partial charge in [0.05, 0.1) is 78.6 Å². The molecule has 0 fully saturated rings. The number of carbonyl (C=O) groups is 1. The Bertz CT molecular complexity index is 230. The van der Waals surface area contributed by atoms with Crippen molar-refractivity contribution in [1.82, 2.24) is 0 Å². The first kappa shape index (κ1) is 24.2. The van der Waals surface area contributed by atoms with Crippen molar-refractivity contribution < 1.29 is 60.7 Å². The minimum atomic E-state index is -1.23. The predicted octanol–water partition coefficient (Wildman–Crippen LogP) is -1.54. The van der Waals surface area contributed by atoms with Crippen LogP contribution in [-0.2, 0) is 55.6 Å². The van der Waals surface area contributed by atoms with Crippen molar-refractivity contribution in [2.75, 3.05) is 79.8 Å². The second kappa shape index (κ2) is 21.0. The molecule has 0 aromatic heterocycles. The number of hydrogen-bond donors (Lipinski definition) is 0. The van der Waals surface area contributed by atoms with Gasteiger partial charge < -0.3 is 38.3 Å². The van der Waals surface area contributed by atoms with Crippen LogP contribution in [0.2, 0.25) is 0 Å². The van der Waals surface area contributed by atoms with Crippen LogP contribution in [0.5, 0.6) is 0 Å². The van der Waals surface area contributed by atoms with Crippen LogP contribution in [0.4, 0.5) is 0 Å². The quantitative estimate of drug-likeness (QED) is 0.173. The summed E-state index contributed by atoms with van der Waals surface area (Å²) >= 11 is 0. The summed E-state index contributed by atoms with van der Waals surface area (Å²) in [4.78, 5) is 10.0. The Morgan fingerprint density at radius 2 is 1.00 bits per heavy atom. The predicted molar refractivity (Wildman–Crippen MR) is 71.0 cm³/mol. The number of aliphatic carboxylic acids is 1. The zero-order chi connectivity index (χ0) is 15.6. The average molecular weight is 506 g/mol. The summed E-state index contributed by atoms with van der Waals surface area (Å²) in [5, 5.41) is 10.0. The number of ether oxygens (including phenoxy) is 6. The standard InChI is InChI=1S/C13H26O8.Au/c1-16-2-3-17-4-5-18-6-7-19-8-9-20-10-11-21-12-13(14)15;/h2-12H2,1H3,(H,14,15);/q;+1/p-1. The van der Waals surface area contributed by atoms with E-state index in [9.17, 15) is 9.90 Å². The SMILES string of the molecule is COCCOCCOCCOCCOCCOCC(=O)[O-].[Au+]. The van der Waals surface area contributed by atoms with Gasteiger partial charge in [-0.2, -0.15) is 0 Å². The summed E-state index contributed by atoms with van der Waals surface area (Å²) in [6, 6.07) is 0. The molecule has 0 radical (unpaired) electrons. The zero-order valence-corrected chi connectivity index (χ0v) is 15.0. The Morgan fingerprint density at radius 1 is 0.682 bits per heavy atom. The molecule has 0 aliphatic heterocycles. The second-order valence-electron chi connectivity index (χ2n) is 3.87. The summed E-state index contributed by atoms with van der Waals surface area (Å²) in [6.07, 6.45) is 0. The number of carboxylic acid groups (broad SMARTS) is 1. The smallest absolute Gasteiger partial charge is 0.548 e. The van der Waals surface area contributed by atoms with E-state index >= 15 is 0 Å². The summed E-state index contributed by atoms with van der Waals surface area (Å²) in [7, 11) is 1.63. The molecule has 0 amide bonds. The molecule has 0 spiro atoms. The Hall–Kier alpha value is -0.0297. The number of rotatable bonds is 17. The number of hydrogen-bond acceptors (Lipinski definition) is 8. The van der Waals surface area contributed by atoms with E-state index in [0.29, 0.717) is 59.5 Å². The van der Waals surface area contributed by atoms with Gasteiger partial charge in [0.15, 0.2) is 0 Å². The van der Waals surface area contributed by atoms with E-state index in [0.717, 1.165) is 0 Å². The van der Waals surface area contributed by atoms with Gasteiger partial charge in [-0.1, -0.05) is 0 Å². The Kier molecular flexibility index (Phi) is 23.1. The molecule has 0 bridgehead atoms. The van der Waals surface area contributed by atoms with Crippen LogP contribution >= 0.6 is 0 Å². The Morgan fingerprint density at radius 3 is 1.32 bits per heavy atom. The first-order valence-electron chi connectivity index (χ1n) is 6.85. The molecule has 0 saturated carbocycles. The largest absolute Gasteiger partial charge is 1.00 e. The fourth-order valence-electron chi connectivity index (χ4n) is 1.18. The molecule has 136 valence electrons. The van der Waals surface area contributed by atoms with Crippen molar-refractivity contribution in [3.05, 3.63) is 0 Å². The molecule has 0 N–H and O–H groups in total. The van der Waals surface area contributed by atoms with E-state index < -0.39 is 12.6 Å². The molecular weight excluding hydrogens is 481 g/mol. The van der Waals surface area contributed by atoms with Gasteiger partial charge in [0, 0.05) is 7.11 Å². The zero-order valence-electron chi connectivity index (χ0n) is 12.8. The summed E-state index contributed by atoms with van der Waals surface area (Å²) in [6.45, 7) is 4.23. The van der Waals surface area contributed by atoms with E-state index in [1.165, 1.54) is 0 Å². The van der Waals surface area contributed by atoms with Gasteiger partial charge in [0.1, 0.15) is 0 Å². The molecule has 0 unspecified atom stereocenters. The first-order chi connectivity index (χ1) is 10.3. The van der Waals surface area contributed by atoms with Crippen LogP contribution < -0.4 is 5.11 Å². The minimum absolute atomic E-state index is 0. The number of methoxy groups -OCH3 is 1. The molecule has 0 aliphatic carbocycles. The normalized spacial score (nSPS) is 10.4. The molecular formula is C13H25AuO8. The fourth-order valence-corrected chi connectivity index (χ4v) is 1.18. The third-order valence-electron chi connectivity index (χ3n) is 2.14. The van der Waals surface area contributed by atoms with E-state index in [1.54, 1.807) is 7.11 Å². The van der Waals surface area contributed by atoms with Gasteiger partial charge in [-0.15, -0.1) is 0 Å². The number of carbonyl (C=O) groups excluding carboxylic acids is 1. The summed E-state index contributed by atoms with van der Waals surface area (Å²) in [5.74, 6) is -1.23. The van der Waals surface area contributed by atoms with Crippen molar-refractivity contribution in [2.24, 2.45) is 0 Å². The average Bonchev–Trinajstić information content (AvgIpc) is 2.46. The molecule has 0 rings (SSSR count). The van der Waals surface area contributed by atoms with E-state index in [1.807, 2.05) is 0 Å². The van der Waals surface area contributed by atoms with Crippen LogP contribution in [0, 0.1) is 0 Å². The second-order valence-corrected chi connectivity index (χ2v) is 3.87. The maximum atomic E-state index is 10.0. The molecule has 0 heterocycles. The van der Waals surface area contributed by atoms with Crippen LogP contribution in [0.1, 0.15) is 0 Å². The van der Waals surface area contributed by atoms with Crippen molar-refractivity contribution >= 4 is 5.97 Å². The summed E-state index contributed by atoms with van der Waals surface area (Å²) in [5.41, 5.74) is 0. The summed E-state index contributed by atoms with van der Waals surface area (Å²) < 4.78 is 30.5. The molecule has 8 nitrogen and oxygen atoms in total. The maximum absolute atomic E-state index is 10.0. The van der Waals surface area contributed by atoms with Gasteiger partial charge in [-0.3, -0.25) is 0 Å². The topological polar surface area (TPSA) is 95.5 Å². The van der Waals surface area contributed by atoms with Gasteiger partial charge >= 0.3 is 22.4 Å².